The molecule has 0 unspecified atom stereocenters. The van der Waals surface area contributed by atoms with Gasteiger partial charge in [-0.05, 0) is 31.2 Å². The fourth-order valence-electron chi connectivity index (χ4n) is 2.30. The Kier molecular flexibility index (Phi) is 1.58. The van der Waals surface area contributed by atoms with E-state index < -0.39 is 0 Å². The van der Waals surface area contributed by atoms with Gasteiger partial charge in [0.05, 0.1) is 5.41 Å². The van der Waals surface area contributed by atoms with Crippen molar-refractivity contribution in [2.45, 2.75) is 31.1 Å². The zero-order chi connectivity index (χ0) is 9.60. The van der Waals surface area contributed by atoms with E-state index in [1.54, 1.807) is 0 Å². The summed E-state index contributed by atoms with van der Waals surface area (Å²) in [6.45, 7) is 0. The topological polar surface area (TPSA) is 17.1 Å². The van der Waals surface area contributed by atoms with Crippen molar-refractivity contribution < 1.29 is 4.79 Å². The molecular formula is C13H14O. The van der Waals surface area contributed by atoms with Crippen LogP contribution < -0.4 is 0 Å². The number of hydrogen-bond acceptors (Lipinski definition) is 1. The average molecular weight is 186 g/mol. The minimum Gasteiger partial charge on any atom is -0.298 e. The van der Waals surface area contributed by atoms with E-state index in [-0.39, 0.29) is 5.41 Å². The molecule has 1 heteroatoms. The lowest BCUT2D eigenvalue weighted by molar-refractivity contribution is -0.122. The predicted molar refractivity (Wildman–Crippen MR) is 55.1 cm³/mol. The first-order chi connectivity index (χ1) is 6.83. The fraction of sp³-hybridized carbons (Fsp3) is 0.462. The molecule has 0 aliphatic heterocycles. The minimum absolute atomic E-state index is 0.0531. The first-order valence-corrected chi connectivity index (χ1v) is 5.43. The van der Waals surface area contributed by atoms with Gasteiger partial charge in [0.15, 0.2) is 0 Å². The highest BCUT2D eigenvalue weighted by Gasteiger charge is 2.54. The summed E-state index contributed by atoms with van der Waals surface area (Å²) in [7, 11) is 0. The maximum Gasteiger partial charge on any atom is 0.146 e. The van der Waals surface area contributed by atoms with Gasteiger partial charge in [-0.2, -0.15) is 0 Å². The Morgan fingerprint density at radius 2 is 1.79 bits per heavy atom. The Labute approximate surface area is 84.1 Å². The predicted octanol–water partition coefficient (Wildman–Crippen LogP) is 2.70. The van der Waals surface area contributed by atoms with Crippen molar-refractivity contribution >= 4 is 5.78 Å². The van der Waals surface area contributed by atoms with Gasteiger partial charge in [-0.3, -0.25) is 4.79 Å². The van der Waals surface area contributed by atoms with Gasteiger partial charge in [-0.1, -0.05) is 30.3 Å². The molecular weight excluding hydrogens is 172 g/mol. The van der Waals surface area contributed by atoms with Crippen molar-refractivity contribution in [2.24, 2.45) is 5.92 Å². The molecule has 0 heterocycles. The van der Waals surface area contributed by atoms with Crippen LogP contribution >= 0.6 is 0 Å². The minimum atomic E-state index is -0.0531. The third-order valence-electron chi connectivity index (χ3n) is 3.50. The van der Waals surface area contributed by atoms with Gasteiger partial charge >= 0.3 is 0 Å². The molecule has 14 heavy (non-hydrogen) atoms. The lowest BCUT2D eigenvalue weighted by atomic mass is 9.89. The van der Waals surface area contributed by atoms with Crippen molar-refractivity contribution in [1.82, 2.24) is 0 Å². The van der Waals surface area contributed by atoms with Gasteiger partial charge in [0, 0.05) is 5.92 Å². The Morgan fingerprint density at radius 3 is 2.29 bits per heavy atom. The van der Waals surface area contributed by atoms with Crippen LogP contribution in [0.4, 0.5) is 0 Å². The third-order valence-corrected chi connectivity index (χ3v) is 3.50. The summed E-state index contributed by atoms with van der Waals surface area (Å²) in [4.78, 5) is 12.1. The SMILES string of the molecule is O=C(C1CC1)C1(c2ccccc2)CC1. The molecule has 0 saturated heterocycles. The number of ketones is 1. The maximum atomic E-state index is 12.1. The summed E-state index contributed by atoms with van der Waals surface area (Å²) < 4.78 is 0. The molecule has 0 radical (unpaired) electrons. The second-order valence-corrected chi connectivity index (χ2v) is 4.59. The molecule has 2 saturated carbocycles. The molecule has 0 amide bonds. The van der Waals surface area contributed by atoms with E-state index in [2.05, 4.69) is 12.1 Å². The van der Waals surface area contributed by atoms with E-state index in [1.165, 1.54) is 5.56 Å². The van der Waals surface area contributed by atoms with Gasteiger partial charge in [-0.25, -0.2) is 0 Å². The highest BCUT2D eigenvalue weighted by atomic mass is 16.1. The normalized spacial score (nSPS) is 23.1. The molecule has 2 aliphatic rings. The molecule has 0 spiro atoms. The molecule has 0 atom stereocenters. The largest absolute Gasteiger partial charge is 0.298 e. The Balaban J connectivity index is 1.93. The number of benzene rings is 1. The van der Waals surface area contributed by atoms with Crippen LogP contribution in [-0.4, -0.2) is 5.78 Å². The van der Waals surface area contributed by atoms with Crippen LogP contribution in [0.15, 0.2) is 30.3 Å². The molecule has 1 aromatic carbocycles. The second-order valence-electron chi connectivity index (χ2n) is 4.59. The number of rotatable bonds is 3. The first-order valence-electron chi connectivity index (χ1n) is 5.43. The van der Waals surface area contributed by atoms with Crippen LogP contribution in [0.5, 0.6) is 0 Å². The van der Waals surface area contributed by atoms with Crippen molar-refractivity contribution in [1.29, 1.82) is 0 Å². The van der Waals surface area contributed by atoms with Crippen molar-refractivity contribution in [3.63, 3.8) is 0 Å². The van der Waals surface area contributed by atoms with E-state index in [9.17, 15) is 4.79 Å². The van der Waals surface area contributed by atoms with Crippen LogP contribution in [0.2, 0.25) is 0 Å². The van der Waals surface area contributed by atoms with Crippen molar-refractivity contribution in [2.75, 3.05) is 0 Å². The zero-order valence-corrected chi connectivity index (χ0v) is 8.20. The van der Waals surface area contributed by atoms with E-state index >= 15 is 0 Å². The van der Waals surface area contributed by atoms with E-state index in [1.807, 2.05) is 18.2 Å². The number of hydrogen-bond donors (Lipinski definition) is 0. The number of carbonyl (C=O) groups is 1. The number of carbonyl (C=O) groups excluding carboxylic acids is 1. The van der Waals surface area contributed by atoms with E-state index in [0.29, 0.717) is 11.7 Å². The molecule has 72 valence electrons. The summed E-state index contributed by atoms with van der Waals surface area (Å²) in [5.74, 6) is 0.918. The number of Topliss-reactive ketones (excluding diaryl/α,β-unsaturated/α-hetero) is 1. The first kappa shape index (κ1) is 8.22. The highest BCUT2D eigenvalue weighted by Crippen LogP contribution is 2.53. The Hall–Kier alpha value is -1.11. The molecule has 2 aliphatic carbocycles. The quantitative estimate of drug-likeness (QED) is 0.709. The fourth-order valence-corrected chi connectivity index (χ4v) is 2.30. The maximum absolute atomic E-state index is 12.1. The summed E-state index contributed by atoms with van der Waals surface area (Å²) >= 11 is 0. The average Bonchev–Trinajstić information content (AvgIpc) is 3.12. The van der Waals surface area contributed by atoms with Crippen LogP contribution in [0, 0.1) is 5.92 Å². The molecule has 0 aromatic heterocycles. The zero-order valence-electron chi connectivity index (χ0n) is 8.20. The molecule has 1 aromatic rings. The summed E-state index contributed by atoms with van der Waals surface area (Å²) in [5, 5.41) is 0. The summed E-state index contributed by atoms with van der Waals surface area (Å²) in [6, 6.07) is 10.3. The molecule has 2 fully saturated rings. The standard InChI is InChI=1S/C13H14O/c14-12(10-6-7-10)13(8-9-13)11-4-2-1-3-5-11/h1-5,10H,6-9H2. The second kappa shape index (κ2) is 2.69. The van der Waals surface area contributed by atoms with Gasteiger partial charge in [0.2, 0.25) is 0 Å². The molecule has 0 bridgehead atoms. The highest BCUT2D eigenvalue weighted by molar-refractivity contribution is 5.96. The van der Waals surface area contributed by atoms with Gasteiger partial charge in [0.25, 0.3) is 0 Å². The lowest BCUT2D eigenvalue weighted by Crippen LogP contribution is -2.21. The van der Waals surface area contributed by atoms with Gasteiger partial charge < -0.3 is 0 Å². The monoisotopic (exact) mass is 186 g/mol. The van der Waals surface area contributed by atoms with Crippen LogP contribution in [0.25, 0.3) is 0 Å². The Bertz CT molecular complexity index is 358. The lowest BCUT2D eigenvalue weighted by Gasteiger charge is -2.13. The van der Waals surface area contributed by atoms with E-state index in [0.717, 1.165) is 25.7 Å². The van der Waals surface area contributed by atoms with Crippen LogP contribution in [-0.2, 0) is 10.2 Å². The van der Waals surface area contributed by atoms with Gasteiger partial charge in [0.1, 0.15) is 5.78 Å². The van der Waals surface area contributed by atoms with Crippen LogP contribution in [0.3, 0.4) is 0 Å². The smallest absolute Gasteiger partial charge is 0.146 e. The Morgan fingerprint density at radius 1 is 1.14 bits per heavy atom. The molecule has 3 rings (SSSR count). The molecule has 1 nitrogen and oxygen atoms in total. The van der Waals surface area contributed by atoms with Crippen LogP contribution in [0.1, 0.15) is 31.2 Å². The van der Waals surface area contributed by atoms with E-state index in [4.69, 9.17) is 0 Å². The van der Waals surface area contributed by atoms with Crippen molar-refractivity contribution in [3.8, 4) is 0 Å². The van der Waals surface area contributed by atoms with Gasteiger partial charge in [-0.15, -0.1) is 0 Å². The summed E-state index contributed by atoms with van der Waals surface area (Å²) in [5.41, 5.74) is 1.19. The third kappa shape index (κ3) is 1.12. The molecule has 0 N–H and O–H groups in total. The summed E-state index contributed by atoms with van der Waals surface area (Å²) in [6.07, 6.45) is 4.42. The van der Waals surface area contributed by atoms with Crippen molar-refractivity contribution in [3.05, 3.63) is 35.9 Å².